The van der Waals surface area contributed by atoms with Gasteiger partial charge in [-0.1, -0.05) is 22.6 Å². The van der Waals surface area contributed by atoms with Crippen LogP contribution in [-0.2, 0) is 0 Å². The lowest BCUT2D eigenvalue weighted by Gasteiger charge is -2.11. The molecule has 0 aliphatic rings. The Bertz CT molecular complexity index is 709. The van der Waals surface area contributed by atoms with Gasteiger partial charge < -0.3 is 22.5 Å². The minimum absolute atomic E-state index is 0.442. The number of nitrogens with one attached hydrogen (secondary N) is 2. The number of hydrogen-bond donors (Lipinski definition) is 6. The SMILES string of the molecule is NN=Nc1ccc(-c2ccc(NN)c(NN)c2)cc1N=NN. The quantitative estimate of drug-likeness (QED) is 0.278. The molecular formula is C12H16N10. The highest BCUT2D eigenvalue weighted by molar-refractivity contribution is 5.79. The van der Waals surface area contributed by atoms with Gasteiger partial charge in [0.15, 0.2) is 0 Å². The molecule has 0 spiro atoms. The summed E-state index contributed by atoms with van der Waals surface area (Å²) in [6.45, 7) is 0. The summed E-state index contributed by atoms with van der Waals surface area (Å²) in [7, 11) is 0. The van der Waals surface area contributed by atoms with Crippen LogP contribution in [0.3, 0.4) is 0 Å². The van der Waals surface area contributed by atoms with E-state index in [1.165, 1.54) is 0 Å². The van der Waals surface area contributed by atoms with Crippen LogP contribution in [-0.4, -0.2) is 0 Å². The number of hydrogen-bond acceptors (Lipinski definition) is 8. The average molecular weight is 300 g/mol. The summed E-state index contributed by atoms with van der Waals surface area (Å²) in [5.74, 6) is 21.1. The smallest absolute Gasteiger partial charge is 0.116 e. The number of anilines is 2. The van der Waals surface area contributed by atoms with Gasteiger partial charge >= 0.3 is 0 Å². The summed E-state index contributed by atoms with van der Waals surface area (Å²) < 4.78 is 0. The van der Waals surface area contributed by atoms with Crippen LogP contribution < -0.4 is 34.2 Å². The molecule has 2 rings (SSSR count). The van der Waals surface area contributed by atoms with E-state index in [1.54, 1.807) is 18.2 Å². The maximum Gasteiger partial charge on any atom is 0.116 e. The molecule has 0 heterocycles. The van der Waals surface area contributed by atoms with Crippen molar-refractivity contribution < 1.29 is 0 Å². The van der Waals surface area contributed by atoms with Crippen LogP contribution in [0.25, 0.3) is 11.1 Å². The van der Waals surface area contributed by atoms with Gasteiger partial charge in [-0.3, -0.25) is 11.7 Å². The zero-order valence-electron chi connectivity index (χ0n) is 11.6. The van der Waals surface area contributed by atoms with Crippen LogP contribution in [0.4, 0.5) is 22.7 Å². The highest BCUT2D eigenvalue weighted by Crippen LogP contribution is 2.35. The predicted octanol–water partition coefficient (Wildman–Crippen LogP) is 1.84. The van der Waals surface area contributed by atoms with Gasteiger partial charge in [0.1, 0.15) is 11.4 Å². The fourth-order valence-corrected chi connectivity index (χ4v) is 1.96. The molecule has 10 nitrogen and oxygen atoms in total. The first kappa shape index (κ1) is 15.2. The number of hydrazine groups is 2. The molecule has 0 fully saturated rings. The second-order valence-corrected chi connectivity index (χ2v) is 4.18. The Kier molecular flexibility index (Phi) is 4.80. The van der Waals surface area contributed by atoms with Crippen molar-refractivity contribution in [2.45, 2.75) is 0 Å². The van der Waals surface area contributed by atoms with E-state index < -0.39 is 0 Å². The first-order valence-electron chi connectivity index (χ1n) is 6.17. The summed E-state index contributed by atoms with van der Waals surface area (Å²) in [4.78, 5) is 0. The van der Waals surface area contributed by atoms with Gasteiger partial charge in [-0.05, 0) is 35.4 Å². The number of benzene rings is 2. The molecule has 0 bridgehead atoms. The topological polar surface area (TPSA) is 178 Å². The second-order valence-electron chi connectivity index (χ2n) is 4.18. The Hall–Kier alpha value is -3.24. The second kappa shape index (κ2) is 6.97. The van der Waals surface area contributed by atoms with E-state index >= 15 is 0 Å². The van der Waals surface area contributed by atoms with Gasteiger partial charge in [-0.25, -0.2) is 0 Å². The van der Waals surface area contributed by atoms with E-state index in [2.05, 4.69) is 31.5 Å². The monoisotopic (exact) mass is 300 g/mol. The lowest BCUT2D eigenvalue weighted by molar-refractivity contribution is 1.03. The predicted molar refractivity (Wildman–Crippen MR) is 84.9 cm³/mol. The van der Waals surface area contributed by atoms with Gasteiger partial charge in [0.05, 0.1) is 11.4 Å². The summed E-state index contributed by atoms with van der Waals surface area (Å²) in [6.07, 6.45) is 0. The molecule has 10 heteroatoms. The van der Waals surface area contributed by atoms with Crippen molar-refractivity contribution in [2.24, 2.45) is 44.0 Å². The Labute approximate surface area is 126 Å². The molecule has 0 aromatic heterocycles. The number of nitrogens with zero attached hydrogens (tertiary/aromatic N) is 4. The van der Waals surface area contributed by atoms with Crippen molar-refractivity contribution >= 4 is 22.7 Å². The molecule has 0 saturated carbocycles. The Balaban J connectivity index is 2.51. The zero-order chi connectivity index (χ0) is 15.9. The number of rotatable bonds is 5. The third kappa shape index (κ3) is 3.08. The summed E-state index contributed by atoms with van der Waals surface area (Å²) in [6, 6.07) is 10.8. The van der Waals surface area contributed by atoms with Crippen molar-refractivity contribution in [2.75, 3.05) is 10.9 Å². The van der Waals surface area contributed by atoms with Crippen LogP contribution in [0, 0.1) is 0 Å². The maximum atomic E-state index is 5.48. The molecule has 114 valence electrons. The maximum absolute atomic E-state index is 5.48. The molecule has 2 aromatic carbocycles. The molecule has 0 radical (unpaired) electrons. The van der Waals surface area contributed by atoms with Crippen molar-refractivity contribution in [3.8, 4) is 11.1 Å². The van der Waals surface area contributed by atoms with Crippen molar-refractivity contribution in [1.82, 2.24) is 0 Å². The average Bonchev–Trinajstić information content (AvgIpc) is 2.56. The van der Waals surface area contributed by atoms with E-state index in [9.17, 15) is 0 Å². The lowest BCUT2D eigenvalue weighted by Crippen LogP contribution is -2.13. The van der Waals surface area contributed by atoms with Crippen LogP contribution >= 0.6 is 0 Å². The highest BCUT2D eigenvalue weighted by Gasteiger charge is 2.08. The first-order valence-corrected chi connectivity index (χ1v) is 6.17. The van der Waals surface area contributed by atoms with E-state index in [1.807, 2.05) is 18.2 Å². The molecule has 0 amide bonds. The molecule has 22 heavy (non-hydrogen) atoms. The fraction of sp³-hybridized carbons (Fsp3) is 0. The van der Waals surface area contributed by atoms with Crippen molar-refractivity contribution in [1.29, 1.82) is 0 Å². The highest BCUT2D eigenvalue weighted by atomic mass is 15.3. The Morgan fingerprint density at radius 1 is 0.682 bits per heavy atom. The number of nitrogen functional groups attached to an aromatic ring is 2. The van der Waals surface area contributed by atoms with Gasteiger partial charge in [0, 0.05) is 0 Å². The van der Waals surface area contributed by atoms with Gasteiger partial charge in [0.2, 0.25) is 0 Å². The molecule has 0 unspecified atom stereocenters. The van der Waals surface area contributed by atoms with Crippen LogP contribution in [0.5, 0.6) is 0 Å². The fourth-order valence-electron chi connectivity index (χ4n) is 1.96. The third-order valence-electron chi connectivity index (χ3n) is 2.97. The summed E-state index contributed by atoms with van der Waals surface area (Å²) in [5.41, 5.74) is 9.08. The van der Waals surface area contributed by atoms with Crippen molar-refractivity contribution in [3.63, 3.8) is 0 Å². The standard InChI is InChI=1S/C12H16N10/c13-17-9-3-1-7(5-11(9)18-14)8-2-4-10(19-21-15)12(6-8)20-22-16/h1-6,17-18H,13-14H2,(H2,15,19)(H2,16,20). The lowest BCUT2D eigenvalue weighted by atomic mass is 10.0. The van der Waals surface area contributed by atoms with E-state index in [-0.39, 0.29) is 0 Å². The largest absolute Gasteiger partial charge is 0.322 e. The minimum atomic E-state index is 0.442. The van der Waals surface area contributed by atoms with Gasteiger partial charge in [0.25, 0.3) is 0 Å². The first-order chi connectivity index (χ1) is 10.7. The van der Waals surface area contributed by atoms with Gasteiger partial charge in [-0.2, -0.15) is 0 Å². The van der Waals surface area contributed by atoms with E-state index in [4.69, 9.17) is 23.4 Å². The molecule has 2 aromatic rings. The number of nitrogens with two attached hydrogens (primary N) is 4. The van der Waals surface area contributed by atoms with E-state index in [0.717, 1.165) is 11.1 Å². The molecule has 0 atom stereocenters. The molecule has 0 saturated heterocycles. The molecule has 10 N–H and O–H groups in total. The minimum Gasteiger partial charge on any atom is -0.322 e. The molecule has 0 aliphatic heterocycles. The van der Waals surface area contributed by atoms with Crippen LogP contribution in [0.2, 0.25) is 0 Å². The Morgan fingerprint density at radius 2 is 1.27 bits per heavy atom. The van der Waals surface area contributed by atoms with Gasteiger partial charge in [-0.15, -0.1) is 10.2 Å². The molecular weight excluding hydrogens is 284 g/mol. The summed E-state index contributed by atoms with van der Waals surface area (Å²) >= 11 is 0. The molecule has 0 aliphatic carbocycles. The third-order valence-corrected chi connectivity index (χ3v) is 2.97. The zero-order valence-corrected chi connectivity index (χ0v) is 11.6. The van der Waals surface area contributed by atoms with Crippen LogP contribution in [0.1, 0.15) is 0 Å². The van der Waals surface area contributed by atoms with Crippen LogP contribution in [0.15, 0.2) is 57.1 Å². The normalized spacial score (nSPS) is 11.2. The van der Waals surface area contributed by atoms with Crippen molar-refractivity contribution in [3.05, 3.63) is 36.4 Å². The Morgan fingerprint density at radius 3 is 1.91 bits per heavy atom. The summed E-state index contributed by atoms with van der Waals surface area (Å²) in [5, 5.41) is 14.1. The van der Waals surface area contributed by atoms with E-state index in [0.29, 0.717) is 22.7 Å².